The van der Waals surface area contributed by atoms with Crippen molar-refractivity contribution in [1.29, 1.82) is 0 Å². The molecule has 78 valence electrons. The Hall–Kier alpha value is 0.170. The van der Waals surface area contributed by atoms with Crippen molar-refractivity contribution in [2.24, 2.45) is 0 Å². The van der Waals surface area contributed by atoms with Gasteiger partial charge in [0.1, 0.15) is 6.10 Å². The molecule has 0 saturated heterocycles. The van der Waals surface area contributed by atoms with E-state index in [2.05, 4.69) is 0 Å². The molecule has 3 unspecified atom stereocenters. The fourth-order valence-electron chi connectivity index (χ4n) is 1.38. The first-order valence-electron chi connectivity index (χ1n) is 4.65. The van der Waals surface area contributed by atoms with Gasteiger partial charge < -0.3 is 14.2 Å². The Morgan fingerprint density at radius 2 is 2.08 bits per heavy atom. The van der Waals surface area contributed by atoms with Crippen molar-refractivity contribution in [2.45, 2.75) is 30.9 Å². The zero-order valence-electron chi connectivity index (χ0n) is 8.16. The molecule has 0 bridgehead atoms. The molecule has 0 amide bonds. The van der Waals surface area contributed by atoms with Gasteiger partial charge in [-0.05, 0) is 13.3 Å². The minimum Gasteiger partial charge on any atom is -0.382 e. The van der Waals surface area contributed by atoms with Gasteiger partial charge in [0.05, 0.1) is 24.7 Å². The van der Waals surface area contributed by atoms with E-state index < -0.39 is 0 Å². The number of hydrogen-bond donors (Lipinski definition) is 0. The molecule has 0 heterocycles. The van der Waals surface area contributed by atoms with Gasteiger partial charge in [-0.15, -0.1) is 11.6 Å². The zero-order chi connectivity index (χ0) is 9.68. The molecule has 0 aromatic rings. The summed E-state index contributed by atoms with van der Waals surface area (Å²) in [5, 5.41) is 0.118. The molecular weight excluding hydrogens is 192 g/mol. The summed E-state index contributed by atoms with van der Waals surface area (Å²) in [7, 11) is 1.66. The van der Waals surface area contributed by atoms with Crippen LogP contribution in [0.25, 0.3) is 0 Å². The average Bonchev–Trinajstić information content (AvgIpc) is 2.13. The van der Waals surface area contributed by atoms with Crippen LogP contribution in [-0.2, 0) is 14.2 Å². The highest BCUT2D eigenvalue weighted by molar-refractivity contribution is 6.21. The molecule has 4 heteroatoms. The lowest BCUT2D eigenvalue weighted by Gasteiger charge is -2.40. The van der Waals surface area contributed by atoms with Gasteiger partial charge in [-0.25, -0.2) is 0 Å². The van der Waals surface area contributed by atoms with Crippen LogP contribution >= 0.6 is 11.6 Å². The lowest BCUT2D eigenvalue weighted by Crippen LogP contribution is -2.51. The van der Waals surface area contributed by atoms with E-state index in [1.54, 1.807) is 7.11 Å². The predicted octanol–water partition coefficient (Wildman–Crippen LogP) is 1.43. The predicted molar refractivity (Wildman–Crippen MR) is 51.3 cm³/mol. The van der Waals surface area contributed by atoms with E-state index in [1.165, 1.54) is 0 Å². The molecule has 0 aromatic carbocycles. The second-order valence-corrected chi connectivity index (χ2v) is 3.63. The fraction of sp³-hybridized carbons (Fsp3) is 1.00. The Morgan fingerprint density at radius 3 is 2.62 bits per heavy atom. The molecule has 3 nitrogen and oxygen atoms in total. The summed E-state index contributed by atoms with van der Waals surface area (Å²) in [4.78, 5) is 0. The van der Waals surface area contributed by atoms with Gasteiger partial charge in [0.15, 0.2) is 0 Å². The van der Waals surface area contributed by atoms with Crippen LogP contribution in [0.15, 0.2) is 0 Å². The van der Waals surface area contributed by atoms with Gasteiger partial charge in [0, 0.05) is 13.7 Å². The summed E-state index contributed by atoms with van der Waals surface area (Å²) >= 11 is 5.97. The Bertz CT molecular complexity index is 143. The number of halogens is 1. The van der Waals surface area contributed by atoms with E-state index in [0.29, 0.717) is 19.8 Å². The second kappa shape index (κ2) is 5.81. The van der Waals surface area contributed by atoms with Gasteiger partial charge in [-0.3, -0.25) is 0 Å². The van der Waals surface area contributed by atoms with E-state index in [-0.39, 0.29) is 17.6 Å². The van der Waals surface area contributed by atoms with Crippen LogP contribution in [0.1, 0.15) is 13.3 Å². The number of methoxy groups -OCH3 is 1. The van der Waals surface area contributed by atoms with Gasteiger partial charge in [-0.2, -0.15) is 0 Å². The maximum atomic E-state index is 5.97. The fourth-order valence-corrected chi connectivity index (χ4v) is 1.79. The summed E-state index contributed by atoms with van der Waals surface area (Å²) in [6.45, 7) is 3.91. The Kier molecular flexibility index (Phi) is 5.02. The SMILES string of the molecule is CCOC1C(Cl)CC1OCCOC. The third-order valence-electron chi connectivity index (χ3n) is 2.16. The highest BCUT2D eigenvalue weighted by Crippen LogP contribution is 2.31. The minimum atomic E-state index is 0.0727. The van der Waals surface area contributed by atoms with Crippen LogP contribution in [0.2, 0.25) is 0 Å². The zero-order valence-corrected chi connectivity index (χ0v) is 8.92. The van der Waals surface area contributed by atoms with Crippen molar-refractivity contribution < 1.29 is 14.2 Å². The molecule has 1 aliphatic carbocycles. The molecule has 3 atom stereocenters. The first-order valence-corrected chi connectivity index (χ1v) is 5.09. The smallest absolute Gasteiger partial charge is 0.100 e. The largest absolute Gasteiger partial charge is 0.382 e. The molecule has 0 radical (unpaired) electrons. The first-order chi connectivity index (χ1) is 6.29. The summed E-state index contributed by atoms with van der Waals surface area (Å²) in [5.41, 5.74) is 0. The monoisotopic (exact) mass is 208 g/mol. The number of rotatable bonds is 6. The van der Waals surface area contributed by atoms with Crippen molar-refractivity contribution in [3.8, 4) is 0 Å². The summed E-state index contributed by atoms with van der Waals surface area (Å²) in [6, 6.07) is 0. The summed E-state index contributed by atoms with van der Waals surface area (Å²) < 4.78 is 15.8. The first kappa shape index (κ1) is 11.2. The van der Waals surface area contributed by atoms with Gasteiger partial charge in [0.2, 0.25) is 0 Å². The highest BCUT2D eigenvalue weighted by Gasteiger charge is 2.41. The lowest BCUT2D eigenvalue weighted by molar-refractivity contribution is -0.127. The maximum Gasteiger partial charge on any atom is 0.100 e. The topological polar surface area (TPSA) is 27.7 Å². The quantitative estimate of drug-likeness (QED) is 0.488. The molecule has 1 rings (SSSR count). The van der Waals surface area contributed by atoms with Crippen molar-refractivity contribution in [1.82, 2.24) is 0 Å². The van der Waals surface area contributed by atoms with Crippen molar-refractivity contribution in [3.05, 3.63) is 0 Å². The standard InChI is InChI=1S/C9H17ClO3/c1-3-12-9-7(10)6-8(9)13-5-4-11-2/h7-9H,3-6H2,1-2H3. The molecule has 0 aromatic heterocycles. The van der Waals surface area contributed by atoms with Gasteiger partial charge in [0.25, 0.3) is 0 Å². The van der Waals surface area contributed by atoms with E-state index in [9.17, 15) is 0 Å². The molecule has 13 heavy (non-hydrogen) atoms. The number of alkyl halides is 1. The number of hydrogen-bond acceptors (Lipinski definition) is 3. The molecule has 1 aliphatic rings. The third-order valence-corrected chi connectivity index (χ3v) is 2.59. The van der Waals surface area contributed by atoms with Crippen LogP contribution in [-0.4, -0.2) is 44.5 Å². The average molecular weight is 209 g/mol. The lowest BCUT2D eigenvalue weighted by atomic mass is 9.91. The Morgan fingerprint density at radius 1 is 1.31 bits per heavy atom. The van der Waals surface area contributed by atoms with Crippen LogP contribution in [0, 0.1) is 0 Å². The van der Waals surface area contributed by atoms with Crippen LogP contribution in [0.4, 0.5) is 0 Å². The molecular formula is C9H17ClO3. The Labute approximate surface area is 84.3 Å². The van der Waals surface area contributed by atoms with E-state index in [1.807, 2.05) is 6.92 Å². The minimum absolute atomic E-state index is 0.0727. The number of ether oxygens (including phenoxy) is 3. The van der Waals surface area contributed by atoms with Crippen LogP contribution in [0.3, 0.4) is 0 Å². The highest BCUT2D eigenvalue weighted by atomic mass is 35.5. The third kappa shape index (κ3) is 3.09. The van der Waals surface area contributed by atoms with Gasteiger partial charge >= 0.3 is 0 Å². The maximum absolute atomic E-state index is 5.97. The summed E-state index contributed by atoms with van der Waals surface area (Å²) in [6.07, 6.45) is 1.12. The van der Waals surface area contributed by atoms with E-state index in [4.69, 9.17) is 25.8 Å². The van der Waals surface area contributed by atoms with Gasteiger partial charge in [-0.1, -0.05) is 0 Å². The molecule has 1 fully saturated rings. The van der Waals surface area contributed by atoms with E-state index in [0.717, 1.165) is 6.42 Å². The van der Waals surface area contributed by atoms with Crippen LogP contribution in [0.5, 0.6) is 0 Å². The molecule has 0 spiro atoms. The Balaban J connectivity index is 2.12. The van der Waals surface area contributed by atoms with Crippen molar-refractivity contribution >= 4 is 11.6 Å². The molecule has 0 N–H and O–H groups in total. The molecule has 1 saturated carbocycles. The van der Waals surface area contributed by atoms with Crippen molar-refractivity contribution in [2.75, 3.05) is 26.9 Å². The second-order valence-electron chi connectivity index (χ2n) is 3.07. The van der Waals surface area contributed by atoms with Crippen molar-refractivity contribution in [3.63, 3.8) is 0 Å². The normalized spacial score (nSPS) is 33.0. The molecule has 0 aliphatic heterocycles. The summed E-state index contributed by atoms with van der Waals surface area (Å²) in [5.74, 6) is 0. The van der Waals surface area contributed by atoms with E-state index >= 15 is 0 Å². The van der Waals surface area contributed by atoms with Crippen LogP contribution < -0.4 is 0 Å².